The number of halogens is 3. The van der Waals surface area contributed by atoms with E-state index in [1.165, 1.54) is 32.1 Å². The van der Waals surface area contributed by atoms with E-state index in [1.54, 1.807) is 24.3 Å². The van der Waals surface area contributed by atoms with Crippen molar-refractivity contribution >= 4 is 30.7 Å². The minimum absolute atomic E-state index is 0.0155. The first kappa shape index (κ1) is 35.8. The lowest BCUT2D eigenvalue weighted by Crippen LogP contribution is -2.43. The molecule has 5 rings (SSSR count). The lowest BCUT2D eigenvalue weighted by Gasteiger charge is -2.35. The minimum atomic E-state index is -4.65. The Bertz CT molecular complexity index is 1660. The number of rotatable bonds is 13. The van der Waals surface area contributed by atoms with Crippen molar-refractivity contribution in [3.05, 3.63) is 63.9 Å². The molecular formula is C36H46F3N3O5Si. The molecule has 3 unspecified atom stereocenters. The van der Waals surface area contributed by atoms with Gasteiger partial charge >= 0.3 is 12.1 Å². The SMILES string of the molecule is C[Si](C)(C)CCC1(C(=O)c2ccc(OCCCC3CCCCC3)cc2)CCC(Cn2nnc3ccc(C(F)(F)F)cc3c2=O)C1C(=O)O. The van der Waals surface area contributed by atoms with Crippen LogP contribution in [0.5, 0.6) is 5.75 Å². The van der Waals surface area contributed by atoms with Crippen molar-refractivity contribution in [3.8, 4) is 5.75 Å². The van der Waals surface area contributed by atoms with Crippen molar-refractivity contribution in [2.75, 3.05) is 6.61 Å². The first-order valence-electron chi connectivity index (χ1n) is 17.1. The number of fused-ring (bicyclic) bond motifs is 1. The summed E-state index contributed by atoms with van der Waals surface area (Å²) in [7, 11) is -1.71. The van der Waals surface area contributed by atoms with E-state index in [0.29, 0.717) is 37.2 Å². The highest BCUT2D eigenvalue weighted by molar-refractivity contribution is 6.76. The van der Waals surface area contributed by atoms with Crippen LogP contribution in [-0.2, 0) is 17.5 Å². The van der Waals surface area contributed by atoms with E-state index in [1.807, 2.05) is 0 Å². The van der Waals surface area contributed by atoms with Crippen molar-refractivity contribution in [1.82, 2.24) is 15.0 Å². The number of hydrogen-bond acceptors (Lipinski definition) is 6. The summed E-state index contributed by atoms with van der Waals surface area (Å²) in [5.41, 5.74) is -2.55. The van der Waals surface area contributed by atoms with Crippen molar-refractivity contribution in [2.24, 2.45) is 23.2 Å². The number of nitrogens with zero attached hydrogens (tertiary/aromatic N) is 3. The fourth-order valence-corrected chi connectivity index (χ4v) is 8.92. The van der Waals surface area contributed by atoms with E-state index >= 15 is 0 Å². The highest BCUT2D eigenvalue weighted by Gasteiger charge is 2.56. The summed E-state index contributed by atoms with van der Waals surface area (Å²) in [5, 5.41) is 18.3. The molecule has 0 saturated heterocycles. The molecule has 8 nitrogen and oxygen atoms in total. The molecule has 3 aromatic rings. The molecule has 1 N–H and O–H groups in total. The first-order valence-corrected chi connectivity index (χ1v) is 20.8. The monoisotopic (exact) mass is 685 g/mol. The number of ether oxygens (including phenoxy) is 1. The Labute approximate surface area is 280 Å². The Balaban J connectivity index is 1.37. The van der Waals surface area contributed by atoms with Gasteiger partial charge in [-0.05, 0) is 86.4 Å². The maximum Gasteiger partial charge on any atom is 0.416 e. The van der Waals surface area contributed by atoms with Gasteiger partial charge in [0.25, 0.3) is 5.56 Å². The summed E-state index contributed by atoms with van der Waals surface area (Å²) < 4.78 is 47.1. The summed E-state index contributed by atoms with van der Waals surface area (Å²) in [6, 6.07) is 10.4. The van der Waals surface area contributed by atoms with Crippen molar-refractivity contribution < 1.29 is 32.6 Å². The second-order valence-electron chi connectivity index (χ2n) is 15.0. The number of aliphatic carboxylic acids is 1. The third-order valence-electron chi connectivity index (χ3n) is 10.4. The molecule has 0 amide bonds. The van der Waals surface area contributed by atoms with Crippen molar-refractivity contribution in [3.63, 3.8) is 0 Å². The maximum atomic E-state index is 14.4. The first-order chi connectivity index (χ1) is 22.7. The molecule has 1 aromatic heterocycles. The molecule has 2 fully saturated rings. The predicted octanol–water partition coefficient (Wildman–Crippen LogP) is 8.26. The van der Waals surface area contributed by atoms with Crippen LogP contribution < -0.4 is 10.3 Å². The van der Waals surface area contributed by atoms with E-state index in [4.69, 9.17) is 4.74 Å². The number of ketones is 1. The normalized spacial score (nSPS) is 22.2. The number of carboxylic acid groups (broad SMARTS) is 1. The van der Waals surface area contributed by atoms with Crippen molar-refractivity contribution in [1.29, 1.82) is 0 Å². The van der Waals surface area contributed by atoms with Gasteiger partial charge in [0.2, 0.25) is 0 Å². The van der Waals surface area contributed by atoms with Crippen LogP contribution in [0, 0.1) is 23.2 Å². The molecule has 0 bridgehead atoms. The molecule has 48 heavy (non-hydrogen) atoms. The second kappa shape index (κ2) is 14.5. The van der Waals surface area contributed by atoms with Crippen LogP contribution in [0.4, 0.5) is 13.2 Å². The molecule has 12 heteroatoms. The zero-order valence-corrected chi connectivity index (χ0v) is 29.0. The summed E-state index contributed by atoms with van der Waals surface area (Å²) >= 11 is 0. The molecule has 260 valence electrons. The number of benzene rings is 2. The maximum absolute atomic E-state index is 14.4. The van der Waals surface area contributed by atoms with Crippen LogP contribution in [0.2, 0.25) is 25.7 Å². The van der Waals surface area contributed by atoms with E-state index < -0.39 is 48.6 Å². The Morgan fingerprint density at radius 3 is 2.40 bits per heavy atom. The zero-order chi connectivity index (χ0) is 34.7. The van der Waals surface area contributed by atoms with E-state index in [-0.39, 0.29) is 23.2 Å². The van der Waals surface area contributed by atoms with Crippen molar-refractivity contribution in [2.45, 2.75) is 103 Å². The van der Waals surface area contributed by atoms with Gasteiger partial charge in [-0.15, -0.1) is 5.10 Å². The summed E-state index contributed by atoms with van der Waals surface area (Å²) in [6.07, 6.45) is 5.06. The highest BCUT2D eigenvalue weighted by Crippen LogP contribution is 2.53. The Hall–Kier alpha value is -3.54. The average Bonchev–Trinajstić information content (AvgIpc) is 3.42. The molecule has 1 heterocycles. The van der Waals surface area contributed by atoms with Gasteiger partial charge in [0, 0.05) is 19.1 Å². The fourth-order valence-electron chi connectivity index (χ4n) is 7.72. The number of Topliss-reactive ketones (excluding diaryl/α,β-unsaturated/α-hetero) is 1. The lowest BCUT2D eigenvalue weighted by atomic mass is 9.68. The predicted molar refractivity (Wildman–Crippen MR) is 180 cm³/mol. The molecule has 3 atom stereocenters. The number of carbonyl (C=O) groups is 2. The Morgan fingerprint density at radius 2 is 1.75 bits per heavy atom. The lowest BCUT2D eigenvalue weighted by molar-refractivity contribution is -0.146. The van der Waals surface area contributed by atoms with Crippen LogP contribution in [0.15, 0.2) is 47.3 Å². The zero-order valence-electron chi connectivity index (χ0n) is 28.0. The van der Waals surface area contributed by atoms with Gasteiger partial charge in [-0.2, -0.15) is 13.2 Å². The number of alkyl halides is 3. The van der Waals surface area contributed by atoms with Gasteiger partial charge in [0.1, 0.15) is 11.3 Å². The molecule has 2 aliphatic carbocycles. The van der Waals surface area contributed by atoms with Gasteiger partial charge in [-0.25, -0.2) is 4.68 Å². The Kier molecular flexibility index (Phi) is 10.8. The smallest absolute Gasteiger partial charge is 0.416 e. The van der Waals surface area contributed by atoms with Gasteiger partial charge < -0.3 is 9.84 Å². The minimum Gasteiger partial charge on any atom is -0.494 e. The second-order valence-corrected chi connectivity index (χ2v) is 20.6. The third-order valence-corrected chi connectivity index (χ3v) is 12.1. The van der Waals surface area contributed by atoms with E-state index in [9.17, 15) is 32.7 Å². The number of aromatic nitrogens is 3. The van der Waals surface area contributed by atoms with Crippen LogP contribution in [-0.4, -0.2) is 46.5 Å². The molecule has 2 saturated carbocycles. The molecule has 0 radical (unpaired) electrons. The number of hydrogen-bond donors (Lipinski definition) is 1. The number of carbonyl (C=O) groups excluding carboxylic acids is 1. The van der Waals surface area contributed by atoms with Crippen LogP contribution in [0.1, 0.15) is 80.1 Å². The summed E-state index contributed by atoms with van der Waals surface area (Å²) in [4.78, 5) is 40.8. The van der Waals surface area contributed by atoms with Gasteiger partial charge in [-0.3, -0.25) is 14.4 Å². The summed E-state index contributed by atoms with van der Waals surface area (Å²) in [6.45, 7) is 6.94. The van der Waals surface area contributed by atoms with Gasteiger partial charge in [-0.1, -0.05) is 63.0 Å². The molecule has 0 aliphatic heterocycles. The Morgan fingerprint density at radius 1 is 1.04 bits per heavy atom. The summed E-state index contributed by atoms with van der Waals surface area (Å²) in [5.74, 6) is -1.72. The third kappa shape index (κ3) is 8.18. The molecule has 2 aliphatic rings. The van der Waals surface area contributed by atoms with E-state index in [2.05, 4.69) is 30.0 Å². The fraction of sp³-hybridized carbons (Fsp3) is 0.583. The molecule has 2 aromatic carbocycles. The number of carboxylic acids is 1. The largest absolute Gasteiger partial charge is 0.494 e. The standard InChI is InChI=1S/C36H46F3N3O5Si/c1-48(2,3)21-19-35(32(43)25-11-14-28(15-12-25)47-20-7-10-24-8-5-4-6-9-24)18-17-26(31(35)34(45)46)23-42-33(44)29-22-27(36(37,38)39)13-16-30(29)40-41-42/h11-16,22,24,26,31H,4-10,17-21,23H2,1-3H3,(H,45,46). The van der Waals surface area contributed by atoms with Gasteiger partial charge in [0.15, 0.2) is 5.78 Å². The van der Waals surface area contributed by atoms with Crippen LogP contribution in [0.3, 0.4) is 0 Å². The molecule has 0 spiro atoms. The topological polar surface area (TPSA) is 111 Å². The van der Waals surface area contributed by atoms with Crippen LogP contribution >= 0.6 is 0 Å². The van der Waals surface area contributed by atoms with Gasteiger partial charge in [0.05, 0.1) is 30.0 Å². The average molecular weight is 686 g/mol. The molecular weight excluding hydrogens is 639 g/mol. The highest BCUT2D eigenvalue weighted by atomic mass is 28.3. The van der Waals surface area contributed by atoms with Crippen LogP contribution in [0.25, 0.3) is 10.9 Å². The van der Waals surface area contributed by atoms with E-state index in [0.717, 1.165) is 47.7 Å². The quantitative estimate of drug-likeness (QED) is 0.110.